The normalized spacial score (nSPS) is 11.1. The fourth-order valence-electron chi connectivity index (χ4n) is 3.63. The van der Waals surface area contributed by atoms with Crippen molar-refractivity contribution in [3.63, 3.8) is 0 Å². The topological polar surface area (TPSA) is 90.1 Å². The summed E-state index contributed by atoms with van der Waals surface area (Å²) in [4.78, 5) is 28.4. The number of para-hydroxylation sites is 1. The number of nitro benzene ring substituents is 1. The second-order valence-corrected chi connectivity index (χ2v) is 8.16. The zero-order valence-corrected chi connectivity index (χ0v) is 17.2. The molecular weight excluding hydrogens is 412 g/mol. The Kier molecular flexibility index (Phi) is 4.48. The van der Waals surface area contributed by atoms with Gasteiger partial charge in [-0.15, -0.1) is 11.3 Å². The number of fused-ring (bicyclic) bond motifs is 2. The number of carbonyl (C=O) groups is 1. The highest BCUT2D eigenvalue weighted by Gasteiger charge is 2.15. The van der Waals surface area contributed by atoms with Gasteiger partial charge < -0.3 is 5.32 Å². The van der Waals surface area contributed by atoms with Crippen LogP contribution in [0, 0.1) is 17.0 Å². The molecule has 1 amide bonds. The number of nitrogens with zero attached hydrogens (tertiary/aromatic N) is 3. The molecule has 31 heavy (non-hydrogen) atoms. The number of hydrogen-bond acceptors (Lipinski definition) is 5. The second kappa shape index (κ2) is 7.33. The van der Waals surface area contributed by atoms with E-state index in [-0.39, 0.29) is 11.6 Å². The van der Waals surface area contributed by atoms with Gasteiger partial charge >= 0.3 is 0 Å². The van der Waals surface area contributed by atoms with E-state index in [1.807, 2.05) is 55.5 Å². The van der Waals surface area contributed by atoms with Gasteiger partial charge in [0.05, 0.1) is 20.8 Å². The smallest absolute Gasteiger partial charge is 0.270 e. The van der Waals surface area contributed by atoms with Crippen molar-refractivity contribution in [1.82, 2.24) is 9.55 Å². The molecule has 152 valence electrons. The number of aromatic nitrogens is 2. The zero-order chi connectivity index (χ0) is 21.5. The molecule has 0 atom stereocenters. The summed E-state index contributed by atoms with van der Waals surface area (Å²) in [5, 5.41) is 14.6. The van der Waals surface area contributed by atoms with Crippen molar-refractivity contribution < 1.29 is 9.72 Å². The molecule has 0 aliphatic carbocycles. The van der Waals surface area contributed by atoms with Crippen molar-refractivity contribution >= 4 is 49.7 Å². The summed E-state index contributed by atoms with van der Waals surface area (Å²) >= 11 is 1.30. The van der Waals surface area contributed by atoms with Gasteiger partial charge in [-0.2, -0.15) is 0 Å². The van der Waals surface area contributed by atoms with Gasteiger partial charge in [-0.25, -0.2) is 4.98 Å². The third-order valence-electron chi connectivity index (χ3n) is 5.03. The van der Waals surface area contributed by atoms with Crippen LogP contribution in [0.5, 0.6) is 0 Å². The molecule has 2 heterocycles. The minimum Gasteiger partial charge on any atom is -0.321 e. The molecule has 0 bridgehead atoms. The maximum Gasteiger partial charge on any atom is 0.270 e. The summed E-state index contributed by atoms with van der Waals surface area (Å²) in [6, 6.07) is 21.9. The lowest BCUT2D eigenvalue weighted by molar-refractivity contribution is -0.384. The SMILES string of the molecule is Cc1nc2cc(NC(=O)c3cc4cc([N+](=O)[O-])ccc4s3)ccc2n1-c1ccccc1. The van der Waals surface area contributed by atoms with Gasteiger partial charge in [-0.3, -0.25) is 19.5 Å². The van der Waals surface area contributed by atoms with E-state index in [1.165, 1.54) is 23.5 Å². The van der Waals surface area contributed by atoms with Crippen LogP contribution in [0.3, 0.4) is 0 Å². The molecule has 0 unspecified atom stereocenters. The maximum atomic E-state index is 12.8. The first-order chi connectivity index (χ1) is 15.0. The molecule has 0 saturated carbocycles. The summed E-state index contributed by atoms with van der Waals surface area (Å²) in [6.45, 7) is 1.95. The molecule has 0 aliphatic heterocycles. The highest BCUT2D eigenvalue weighted by Crippen LogP contribution is 2.30. The predicted molar refractivity (Wildman–Crippen MR) is 122 cm³/mol. The Labute approximate surface area is 180 Å². The first-order valence-electron chi connectivity index (χ1n) is 9.53. The van der Waals surface area contributed by atoms with Gasteiger partial charge in [-0.1, -0.05) is 18.2 Å². The zero-order valence-electron chi connectivity index (χ0n) is 16.4. The first kappa shape index (κ1) is 19.0. The van der Waals surface area contributed by atoms with E-state index >= 15 is 0 Å². The quantitative estimate of drug-likeness (QED) is 0.293. The Bertz CT molecular complexity index is 1470. The van der Waals surface area contributed by atoms with E-state index in [4.69, 9.17) is 0 Å². The fourth-order valence-corrected chi connectivity index (χ4v) is 4.57. The molecule has 5 aromatic rings. The van der Waals surface area contributed by atoms with Crippen LogP contribution in [0.2, 0.25) is 0 Å². The number of anilines is 1. The molecule has 8 heteroatoms. The average molecular weight is 428 g/mol. The summed E-state index contributed by atoms with van der Waals surface area (Å²) in [5.41, 5.74) is 3.41. The Morgan fingerprint density at radius 2 is 1.87 bits per heavy atom. The van der Waals surface area contributed by atoms with Crippen LogP contribution in [-0.2, 0) is 0 Å². The van der Waals surface area contributed by atoms with E-state index in [9.17, 15) is 14.9 Å². The molecule has 7 nitrogen and oxygen atoms in total. The molecule has 5 rings (SSSR count). The Morgan fingerprint density at radius 1 is 1.06 bits per heavy atom. The number of imidazole rings is 1. The van der Waals surface area contributed by atoms with E-state index in [1.54, 1.807) is 12.1 Å². The van der Waals surface area contributed by atoms with Crippen LogP contribution in [-0.4, -0.2) is 20.4 Å². The maximum absolute atomic E-state index is 12.8. The lowest BCUT2D eigenvalue weighted by atomic mass is 10.2. The van der Waals surface area contributed by atoms with Gasteiger partial charge in [0.15, 0.2) is 0 Å². The number of aryl methyl sites for hydroxylation is 1. The van der Waals surface area contributed by atoms with Crippen LogP contribution < -0.4 is 5.32 Å². The molecule has 0 spiro atoms. The summed E-state index contributed by atoms with van der Waals surface area (Å²) in [5.74, 6) is 0.596. The van der Waals surface area contributed by atoms with E-state index in [0.717, 1.165) is 27.2 Å². The van der Waals surface area contributed by atoms with Crippen LogP contribution in [0.4, 0.5) is 11.4 Å². The predicted octanol–water partition coefficient (Wildman–Crippen LogP) is 5.71. The van der Waals surface area contributed by atoms with Crippen LogP contribution in [0.25, 0.3) is 26.8 Å². The van der Waals surface area contributed by atoms with Crippen molar-refractivity contribution in [2.45, 2.75) is 6.92 Å². The largest absolute Gasteiger partial charge is 0.321 e. The first-order valence-corrected chi connectivity index (χ1v) is 10.3. The van der Waals surface area contributed by atoms with Crippen molar-refractivity contribution in [2.75, 3.05) is 5.32 Å². The van der Waals surface area contributed by atoms with Gasteiger partial charge in [0.25, 0.3) is 11.6 Å². The molecule has 3 aromatic carbocycles. The van der Waals surface area contributed by atoms with Crippen molar-refractivity contribution in [3.05, 3.63) is 93.6 Å². The minimum atomic E-state index is -0.442. The second-order valence-electron chi connectivity index (χ2n) is 7.08. The number of non-ortho nitro benzene ring substituents is 1. The van der Waals surface area contributed by atoms with E-state index in [2.05, 4.69) is 14.9 Å². The number of hydrogen-bond donors (Lipinski definition) is 1. The lowest BCUT2D eigenvalue weighted by Crippen LogP contribution is -2.09. The number of carbonyl (C=O) groups excluding carboxylic acids is 1. The van der Waals surface area contributed by atoms with Gasteiger partial charge in [0, 0.05) is 33.6 Å². The summed E-state index contributed by atoms with van der Waals surface area (Å²) in [6.07, 6.45) is 0. The number of nitro groups is 1. The van der Waals surface area contributed by atoms with Crippen molar-refractivity contribution in [3.8, 4) is 5.69 Å². The number of nitrogens with one attached hydrogen (secondary N) is 1. The summed E-state index contributed by atoms with van der Waals surface area (Å²) in [7, 11) is 0. The number of benzene rings is 3. The average Bonchev–Trinajstić information content (AvgIpc) is 3.33. The number of amides is 1. The Hall–Kier alpha value is -4.04. The molecule has 0 aliphatic rings. The van der Waals surface area contributed by atoms with Crippen molar-refractivity contribution in [2.24, 2.45) is 0 Å². The van der Waals surface area contributed by atoms with Gasteiger partial charge in [0.2, 0.25) is 0 Å². The molecule has 1 N–H and O–H groups in total. The van der Waals surface area contributed by atoms with E-state index in [0.29, 0.717) is 16.0 Å². The molecule has 0 saturated heterocycles. The van der Waals surface area contributed by atoms with Crippen LogP contribution in [0.15, 0.2) is 72.8 Å². The molecule has 0 fully saturated rings. The summed E-state index contributed by atoms with van der Waals surface area (Å²) < 4.78 is 2.89. The minimum absolute atomic E-state index is 0.00656. The fraction of sp³-hybridized carbons (Fsp3) is 0.0435. The molecule has 0 radical (unpaired) electrons. The van der Waals surface area contributed by atoms with Crippen LogP contribution in [0.1, 0.15) is 15.5 Å². The highest BCUT2D eigenvalue weighted by molar-refractivity contribution is 7.20. The van der Waals surface area contributed by atoms with Gasteiger partial charge in [0.1, 0.15) is 5.82 Å². The third-order valence-corrected chi connectivity index (χ3v) is 6.14. The van der Waals surface area contributed by atoms with Crippen molar-refractivity contribution in [1.29, 1.82) is 0 Å². The van der Waals surface area contributed by atoms with Gasteiger partial charge in [-0.05, 0) is 49.4 Å². The lowest BCUT2D eigenvalue weighted by Gasteiger charge is -2.07. The molecular formula is C23H16N4O3S. The standard InChI is InChI=1S/C23H16N4O3S/c1-14-24-19-13-16(7-9-20(19)26(14)17-5-3-2-4-6-17)25-23(28)22-12-15-11-18(27(29)30)8-10-21(15)31-22/h2-13H,1H3,(H,25,28). The van der Waals surface area contributed by atoms with Crippen LogP contribution >= 0.6 is 11.3 Å². The third kappa shape index (κ3) is 3.43. The monoisotopic (exact) mass is 428 g/mol. The number of thiophene rings is 1. The number of rotatable bonds is 4. The Morgan fingerprint density at radius 3 is 2.65 bits per heavy atom. The Balaban J connectivity index is 1.44. The highest BCUT2D eigenvalue weighted by atomic mass is 32.1. The molecule has 2 aromatic heterocycles. The van der Waals surface area contributed by atoms with E-state index < -0.39 is 4.92 Å².